The van der Waals surface area contributed by atoms with Gasteiger partial charge in [-0.25, -0.2) is 9.97 Å². The van der Waals surface area contributed by atoms with Gasteiger partial charge in [-0.05, 0) is 74.3 Å². The van der Waals surface area contributed by atoms with E-state index in [0.717, 1.165) is 33.4 Å². The van der Waals surface area contributed by atoms with E-state index in [-0.39, 0.29) is 0 Å². The first-order valence-electron chi connectivity index (χ1n) is 8.48. The number of fused-ring (bicyclic) bond motifs is 2. The highest BCUT2D eigenvalue weighted by Crippen LogP contribution is 2.33. The summed E-state index contributed by atoms with van der Waals surface area (Å²) in [5.41, 5.74) is 5.99. The highest BCUT2D eigenvalue weighted by Gasteiger charge is 2.18. The molecule has 3 aromatic carbocycles. The number of hydrogen-bond donors (Lipinski definition) is 0. The van der Waals surface area contributed by atoms with E-state index in [1.165, 1.54) is 0 Å². The third-order valence-electron chi connectivity index (χ3n) is 4.63. The Morgan fingerprint density at radius 2 is 1.25 bits per heavy atom. The van der Waals surface area contributed by atoms with Crippen LogP contribution < -0.4 is 0 Å². The maximum absolute atomic E-state index is 9.47. The Kier molecular flexibility index (Phi) is 4.04. The van der Waals surface area contributed by atoms with Crippen LogP contribution in [0.5, 0.6) is 0 Å². The van der Waals surface area contributed by atoms with E-state index in [9.17, 15) is 5.26 Å². The van der Waals surface area contributed by atoms with E-state index in [2.05, 4.69) is 47.9 Å². The van der Waals surface area contributed by atoms with E-state index < -0.39 is 0 Å². The molecule has 0 radical (unpaired) electrons. The van der Waals surface area contributed by atoms with Crippen molar-refractivity contribution in [2.24, 2.45) is 0 Å². The zero-order valence-electron chi connectivity index (χ0n) is 14.3. The Morgan fingerprint density at radius 1 is 0.714 bits per heavy atom. The summed E-state index contributed by atoms with van der Waals surface area (Å²) in [5, 5.41) is 9.47. The number of aromatic nitrogens is 4. The molecular formula is C21H11Br2N5. The Hall–Kier alpha value is -2.95. The average Bonchev–Trinajstić information content (AvgIpc) is 3.22. The van der Waals surface area contributed by atoms with Crippen molar-refractivity contribution in [1.82, 2.24) is 19.1 Å². The topological polar surface area (TPSA) is 59.4 Å². The molecule has 0 N–H and O–H groups in total. The van der Waals surface area contributed by atoms with Crippen molar-refractivity contribution in [3.63, 3.8) is 0 Å². The molecule has 28 heavy (non-hydrogen) atoms. The van der Waals surface area contributed by atoms with Gasteiger partial charge < -0.3 is 0 Å². The molecule has 5 rings (SSSR count). The van der Waals surface area contributed by atoms with E-state index in [1.807, 2.05) is 75.9 Å². The van der Waals surface area contributed by atoms with Crippen LogP contribution in [0.4, 0.5) is 0 Å². The molecule has 2 heterocycles. The number of imidazole rings is 2. The van der Waals surface area contributed by atoms with Gasteiger partial charge >= 0.3 is 0 Å². The number of nitrogens with zero attached hydrogens (tertiary/aromatic N) is 5. The van der Waals surface area contributed by atoms with Gasteiger partial charge in [-0.3, -0.25) is 9.13 Å². The highest BCUT2D eigenvalue weighted by molar-refractivity contribution is 9.10. The third kappa shape index (κ3) is 2.57. The van der Waals surface area contributed by atoms with Gasteiger partial charge in [0.15, 0.2) is 9.47 Å². The highest BCUT2D eigenvalue weighted by atomic mass is 79.9. The minimum Gasteiger partial charge on any atom is -0.285 e. The van der Waals surface area contributed by atoms with E-state index >= 15 is 0 Å². The fourth-order valence-corrected chi connectivity index (χ4v) is 4.56. The fraction of sp³-hybridized carbons (Fsp3) is 0. The Labute approximate surface area is 177 Å². The lowest BCUT2D eigenvalue weighted by Gasteiger charge is -2.15. The zero-order valence-corrected chi connectivity index (χ0v) is 17.5. The predicted octanol–water partition coefficient (Wildman–Crippen LogP) is 5.76. The van der Waals surface area contributed by atoms with Gasteiger partial charge in [-0.2, -0.15) is 5.26 Å². The molecule has 5 nitrogen and oxygen atoms in total. The van der Waals surface area contributed by atoms with Gasteiger partial charge in [0.2, 0.25) is 0 Å². The maximum atomic E-state index is 9.47. The van der Waals surface area contributed by atoms with Crippen LogP contribution in [0.1, 0.15) is 5.56 Å². The van der Waals surface area contributed by atoms with Gasteiger partial charge in [0, 0.05) is 0 Å². The number of nitriles is 1. The molecule has 0 fully saturated rings. The summed E-state index contributed by atoms with van der Waals surface area (Å²) >= 11 is 7.19. The van der Waals surface area contributed by atoms with Crippen LogP contribution in [0.3, 0.4) is 0 Å². The van der Waals surface area contributed by atoms with E-state index in [1.54, 1.807) is 0 Å². The van der Waals surface area contributed by atoms with Crippen molar-refractivity contribution in [1.29, 1.82) is 5.26 Å². The average molecular weight is 493 g/mol. The van der Waals surface area contributed by atoms with Gasteiger partial charge in [-0.15, -0.1) is 0 Å². The summed E-state index contributed by atoms with van der Waals surface area (Å²) in [7, 11) is 0. The number of halogens is 2. The molecule has 0 saturated carbocycles. The van der Waals surface area contributed by atoms with Gasteiger partial charge in [0.05, 0.1) is 45.1 Å². The molecular weight excluding hydrogens is 482 g/mol. The van der Waals surface area contributed by atoms with E-state index in [4.69, 9.17) is 0 Å². The van der Waals surface area contributed by atoms with Crippen LogP contribution in [0.25, 0.3) is 33.4 Å². The number of rotatable bonds is 2. The Morgan fingerprint density at radius 3 is 1.82 bits per heavy atom. The molecule has 2 aromatic heterocycles. The number of benzene rings is 3. The van der Waals surface area contributed by atoms with Gasteiger partial charge in [0.1, 0.15) is 0 Å². The van der Waals surface area contributed by atoms with Crippen LogP contribution in [0.15, 0.2) is 76.2 Å². The van der Waals surface area contributed by atoms with Crippen molar-refractivity contribution < 1.29 is 0 Å². The SMILES string of the molecule is N#Cc1ccc(-n2c(Br)nc3ccccc32)c(-n2c(Br)nc3ccccc32)c1. The van der Waals surface area contributed by atoms with Crippen LogP contribution in [-0.2, 0) is 0 Å². The molecule has 0 unspecified atom stereocenters. The van der Waals surface area contributed by atoms with Crippen molar-refractivity contribution in [2.75, 3.05) is 0 Å². The van der Waals surface area contributed by atoms with E-state index in [0.29, 0.717) is 15.0 Å². The predicted molar refractivity (Wildman–Crippen MR) is 116 cm³/mol. The quantitative estimate of drug-likeness (QED) is 0.314. The van der Waals surface area contributed by atoms with Crippen LogP contribution in [-0.4, -0.2) is 19.1 Å². The molecule has 5 aromatic rings. The first-order chi connectivity index (χ1) is 13.7. The molecule has 0 amide bonds. The first-order valence-corrected chi connectivity index (χ1v) is 10.1. The second kappa shape index (κ2) is 6.59. The lowest BCUT2D eigenvalue weighted by molar-refractivity contribution is 0.979. The largest absolute Gasteiger partial charge is 0.285 e. The van der Waals surface area contributed by atoms with Crippen LogP contribution in [0.2, 0.25) is 0 Å². The smallest absolute Gasteiger partial charge is 0.182 e. The molecule has 0 aliphatic heterocycles. The summed E-state index contributed by atoms with van der Waals surface area (Å²) in [6.45, 7) is 0. The molecule has 0 aliphatic rings. The number of hydrogen-bond acceptors (Lipinski definition) is 3. The molecule has 0 bridgehead atoms. The second-order valence-electron chi connectivity index (χ2n) is 6.23. The minimum absolute atomic E-state index is 0.573. The summed E-state index contributed by atoms with van der Waals surface area (Å²) in [5.74, 6) is 0. The summed E-state index contributed by atoms with van der Waals surface area (Å²) in [6, 6.07) is 23.7. The molecule has 0 atom stereocenters. The van der Waals surface area contributed by atoms with Crippen LogP contribution >= 0.6 is 31.9 Å². The summed E-state index contributed by atoms with van der Waals surface area (Å²) in [6.07, 6.45) is 0. The normalized spacial score (nSPS) is 11.2. The summed E-state index contributed by atoms with van der Waals surface area (Å²) in [4.78, 5) is 9.23. The fourth-order valence-electron chi connectivity index (χ4n) is 3.41. The Bertz CT molecular complexity index is 1410. The number of para-hydroxylation sites is 4. The van der Waals surface area contributed by atoms with Gasteiger partial charge in [0.25, 0.3) is 0 Å². The standard InChI is InChI=1S/C21H11Br2N5/c22-20-25-14-5-1-3-7-16(14)27(20)18-10-9-13(12-24)11-19(18)28-17-8-4-2-6-15(17)26-21(28)23/h1-11H. The minimum atomic E-state index is 0.573. The second-order valence-corrected chi connectivity index (χ2v) is 7.64. The Balaban J connectivity index is 1.90. The lowest BCUT2D eigenvalue weighted by Crippen LogP contribution is -2.04. The van der Waals surface area contributed by atoms with Crippen molar-refractivity contribution >= 4 is 53.9 Å². The molecule has 0 aliphatic carbocycles. The zero-order chi connectivity index (χ0) is 19.3. The molecule has 0 saturated heterocycles. The first kappa shape index (κ1) is 17.2. The lowest BCUT2D eigenvalue weighted by atomic mass is 10.1. The van der Waals surface area contributed by atoms with Crippen LogP contribution in [0, 0.1) is 11.3 Å². The maximum Gasteiger partial charge on any atom is 0.182 e. The van der Waals surface area contributed by atoms with Crippen molar-refractivity contribution in [3.8, 4) is 17.4 Å². The molecule has 0 spiro atoms. The molecule has 134 valence electrons. The van der Waals surface area contributed by atoms with Gasteiger partial charge in [-0.1, -0.05) is 24.3 Å². The monoisotopic (exact) mass is 491 g/mol. The molecule has 7 heteroatoms. The summed E-state index contributed by atoms with van der Waals surface area (Å²) < 4.78 is 5.41. The third-order valence-corrected chi connectivity index (χ3v) is 5.69. The van der Waals surface area contributed by atoms with Crippen molar-refractivity contribution in [3.05, 3.63) is 81.8 Å². The van der Waals surface area contributed by atoms with Crippen molar-refractivity contribution in [2.45, 2.75) is 0 Å².